The molecule has 0 saturated heterocycles. The summed E-state index contributed by atoms with van der Waals surface area (Å²) in [4.78, 5) is 4.19. The highest BCUT2D eigenvalue weighted by Gasteiger charge is 2.02. The Labute approximate surface area is 76.5 Å². The number of hydrogen-bond acceptors (Lipinski definition) is 2. The third-order valence-electron chi connectivity index (χ3n) is 2.11. The summed E-state index contributed by atoms with van der Waals surface area (Å²) in [6.07, 6.45) is 1.71. The predicted molar refractivity (Wildman–Crippen MR) is 51.2 cm³/mol. The Morgan fingerprint density at radius 1 is 1.31 bits per heavy atom. The van der Waals surface area contributed by atoms with Crippen LogP contribution in [0.15, 0.2) is 30.5 Å². The van der Waals surface area contributed by atoms with Crippen molar-refractivity contribution in [3.05, 3.63) is 41.6 Å². The van der Waals surface area contributed by atoms with Gasteiger partial charge < -0.3 is 0 Å². The van der Waals surface area contributed by atoms with Crippen molar-refractivity contribution in [2.24, 2.45) is 0 Å². The van der Waals surface area contributed by atoms with Crippen molar-refractivity contribution in [1.29, 1.82) is 5.26 Å². The number of benzene rings is 1. The van der Waals surface area contributed by atoms with Gasteiger partial charge in [0, 0.05) is 11.6 Å². The molecule has 2 aromatic rings. The van der Waals surface area contributed by atoms with Crippen LogP contribution in [-0.2, 0) is 0 Å². The van der Waals surface area contributed by atoms with Crippen molar-refractivity contribution in [3.8, 4) is 6.07 Å². The van der Waals surface area contributed by atoms with E-state index in [0.717, 1.165) is 16.5 Å². The summed E-state index contributed by atoms with van der Waals surface area (Å²) < 4.78 is 0. The molecule has 0 saturated carbocycles. The van der Waals surface area contributed by atoms with Crippen LogP contribution in [0.2, 0.25) is 0 Å². The first-order valence-electron chi connectivity index (χ1n) is 4.07. The minimum Gasteiger partial charge on any atom is -0.255 e. The van der Waals surface area contributed by atoms with E-state index < -0.39 is 0 Å². The van der Waals surface area contributed by atoms with E-state index in [9.17, 15) is 0 Å². The summed E-state index contributed by atoms with van der Waals surface area (Å²) in [6.45, 7) is 2.02. The molecule has 0 unspecified atom stereocenters. The third kappa shape index (κ3) is 1.15. The summed E-state index contributed by atoms with van der Waals surface area (Å²) in [7, 11) is 0. The quantitative estimate of drug-likeness (QED) is 0.605. The molecule has 2 heteroatoms. The van der Waals surface area contributed by atoms with Crippen molar-refractivity contribution < 1.29 is 0 Å². The number of hydrogen-bond donors (Lipinski definition) is 0. The number of fused-ring (bicyclic) bond motifs is 1. The predicted octanol–water partition coefficient (Wildman–Crippen LogP) is 2.41. The van der Waals surface area contributed by atoms with Crippen LogP contribution in [0.25, 0.3) is 10.9 Å². The fourth-order valence-electron chi connectivity index (χ4n) is 1.41. The minimum atomic E-state index is 0.640. The van der Waals surface area contributed by atoms with Crippen LogP contribution in [0, 0.1) is 18.3 Å². The fourth-order valence-corrected chi connectivity index (χ4v) is 1.41. The van der Waals surface area contributed by atoms with Gasteiger partial charge >= 0.3 is 0 Å². The van der Waals surface area contributed by atoms with E-state index in [2.05, 4.69) is 11.1 Å². The number of pyridine rings is 1. The zero-order valence-electron chi connectivity index (χ0n) is 7.28. The molecule has 0 aliphatic heterocycles. The lowest BCUT2D eigenvalue weighted by Crippen LogP contribution is -1.85. The normalized spacial score (nSPS) is 9.85. The molecule has 2 nitrogen and oxygen atoms in total. The Kier molecular flexibility index (Phi) is 1.71. The molecule has 2 rings (SSSR count). The molecule has 0 fully saturated rings. The van der Waals surface area contributed by atoms with Crippen LogP contribution in [-0.4, -0.2) is 4.98 Å². The number of aromatic nitrogens is 1. The van der Waals surface area contributed by atoms with E-state index in [1.165, 1.54) is 0 Å². The van der Waals surface area contributed by atoms with Gasteiger partial charge in [-0.25, -0.2) is 0 Å². The molecular weight excluding hydrogens is 160 g/mol. The SMILES string of the molecule is Cc1ccc(C#N)c2ncccc12. The largest absolute Gasteiger partial charge is 0.255 e. The highest BCUT2D eigenvalue weighted by atomic mass is 14.6. The zero-order chi connectivity index (χ0) is 9.26. The van der Waals surface area contributed by atoms with Crippen LogP contribution in [0.4, 0.5) is 0 Å². The molecule has 0 aliphatic carbocycles. The highest BCUT2D eigenvalue weighted by Crippen LogP contribution is 2.18. The van der Waals surface area contributed by atoms with Gasteiger partial charge in [0.1, 0.15) is 6.07 Å². The van der Waals surface area contributed by atoms with Crippen LogP contribution in [0.1, 0.15) is 11.1 Å². The molecule has 62 valence electrons. The molecule has 0 spiro atoms. The Hall–Kier alpha value is -1.88. The molecule has 0 amide bonds. The Bertz CT molecular complexity index is 495. The lowest BCUT2D eigenvalue weighted by molar-refractivity contribution is 1.37. The van der Waals surface area contributed by atoms with Crippen LogP contribution in [0.3, 0.4) is 0 Å². The number of nitriles is 1. The second kappa shape index (κ2) is 2.87. The number of aryl methyl sites for hydroxylation is 1. The topological polar surface area (TPSA) is 36.7 Å². The Morgan fingerprint density at radius 2 is 2.15 bits per heavy atom. The standard InChI is InChI=1S/C11H8N2/c1-8-4-5-9(7-12)11-10(8)3-2-6-13-11/h2-6H,1H3. The van der Waals surface area contributed by atoms with E-state index in [4.69, 9.17) is 5.26 Å². The smallest absolute Gasteiger partial charge is 0.101 e. The van der Waals surface area contributed by atoms with Crippen molar-refractivity contribution in [2.45, 2.75) is 6.92 Å². The molecule has 0 N–H and O–H groups in total. The van der Waals surface area contributed by atoms with Crippen LogP contribution in [0.5, 0.6) is 0 Å². The third-order valence-corrected chi connectivity index (χ3v) is 2.11. The van der Waals surface area contributed by atoms with Gasteiger partial charge in [0.25, 0.3) is 0 Å². The molecule has 0 bridgehead atoms. The Morgan fingerprint density at radius 3 is 2.92 bits per heavy atom. The average molecular weight is 168 g/mol. The second-order valence-electron chi connectivity index (χ2n) is 2.94. The minimum absolute atomic E-state index is 0.640. The maximum atomic E-state index is 8.84. The van der Waals surface area contributed by atoms with Crippen LogP contribution < -0.4 is 0 Å². The van der Waals surface area contributed by atoms with Crippen LogP contribution >= 0.6 is 0 Å². The molecule has 0 radical (unpaired) electrons. The summed E-state index contributed by atoms with van der Waals surface area (Å²) in [5.41, 5.74) is 2.59. The zero-order valence-corrected chi connectivity index (χ0v) is 7.28. The Balaban J connectivity index is 2.95. The molecule has 1 aromatic carbocycles. The lowest BCUT2D eigenvalue weighted by Gasteiger charge is -2.01. The maximum Gasteiger partial charge on any atom is 0.101 e. The molecule has 0 atom stereocenters. The molecule has 1 heterocycles. The number of rotatable bonds is 0. The van der Waals surface area contributed by atoms with E-state index in [1.54, 1.807) is 6.20 Å². The van der Waals surface area contributed by atoms with Crippen molar-refractivity contribution >= 4 is 10.9 Å². The van der Waals surface area contributed by atoms with Gasteiger partial charge in [-0.05, 0) is 24.6 Å². The van der Waals surface area contributed by atoms with Gasteiger partial charge in [-0.1, -0.05) is 12.1 Å². The summed E-state index contributed by atoms with van der Waals surface area (Å²) in [6, 6.07) is 9.76. The fraction of sp³-hybridized carbons (Fsp3) is 0.0909. The highest BCUT2D eigenvalue weighted by molar-refractivity contribution is 5.86. The van der Waals surface area contributed by atoms with Gasteiger partial charge in [0.05, 0.1) is 11.1 Å². The van der Waals surface area contributed by atoms with E-state index in [-0.39, 0.29) is 0 Å². The monoisotopic (exact) mass is 168 g/mol. The first kappa shape index (κ1) is 7.75. The van der Waals surface area contributed by atoms with Gasteiger partial charge in [-0.2, -0.15) is 5.26 Å². The molecule has 1 aromatic heterocycles. The summed E-state index contributed by atoms with van der Waals surface area (Å²) >= 11 is 0. The summed E-state index contributed by atoms with van der Waals surface area (Å²) in [5, 5.41) is 9.89. The van der Waals surface area contributed by atoms with E-state index >= 15 is 0 Å². The van der Waals surface area contributed by atoms with E-state index in [1.807, 2.05) is 31.2 Å². The van der Waals surface area contributed by atoms with Gasteiger partial charge in [-0.3, -0.25) is 4.98 Å². The average Bonchev–Trinajstić information content (AvgIpc) is 2.19. The van der Waals surface area contributed by atoms with Crippen molar-refractivity contribution in [1.82, 2.24) is 4.98 Å². The lowest BCUT2D eigenvalue weighted by atomic mass is 10.1. The second-order valence-corrected chi connectivity index (χ2v) is 2.94. The molecule has 13 heavy (non-hydrogen) atoms. The van der Waals surface area contributed by atoms with E-state index in [0.29, 0.717) is 5.56 Å². The summed E-state index contributed by atoms with van der Waals surface area (Å²) in [5.74, 6) is 0. The molecular formula is C11H8N2. The first-order chi connectivity index (χ1) is 6.33. The van der Waals surface area contributed by atoms with Crippen molar-refractivity contribution in [3.63, 3.8) is 0 Å². The van der Waals surface area contributed by atoms with Crippen molar-refractivity contribution in [2.75, 3.05) is 0 Å². The van der Waals surface area contributed by atoms with Gasteiger partial charge in [-0.15, -0.1) is 0 Å². The number of nitrogens with zero attached hydrogens (tertiary/aromatic N) is 2. The van der Waals surface area contributed by atoms with Gasteiger partial charge in [0.15, 0.2) is 0 Å². The maximum absolute atomic E-state index is 8.84. The van der Waals surface area contributed by atoms with Gasteiger partial charge in [0.2, 0.25) is 0 Å². The first-order valence-corrected chi connectivity index (χ1v) is 4.07. The molecule has 0 aliphatic rings.